The number of hydrogen-bond donors (Lipinski definition) is 1. The molecule has 9 nitrogen and oxygen atoms in total. The number of carbonyl (C=O) groups excluding carboxylic acids is 1. The molecule has 160 valence electrons. The highest BCUT2D eigenvalue weighted by molar-refractivity contribution is 6.42. The van der Waals surface area contributed by atoms with Crippen molar-refractivity contribution in [1.29, 1.82) is 0 Å². The van der Waals surface area contributed by atoms with E-state index < -0.39 is 5.92 Å². The van der Waals surface area contributed by atoms with Gasteiger partial charge in [0.1, 0.15) is 5.92 Å². The Hall–Kier alpha value is -2.78. The van der Waals surface area contributed by atoms with E-state index in [0.717, 1.165) is 36.8 Å². The van der Waals surface area contributed by atoms with E-state index in [1.165, 1.54) is 6.42 Å². The number of aliphatic imine (C=N–C) groups is 1. The second kappa shape index (κ2) is 6.86. The summed E-state index contributed by atoms with van der Waals surface area (Å²) in [5, 5.41) is 17.9. The minimum absolute atomic E-state index is 0.0704. The van der Waals surface area contributed by atoms with Gasteiger partial charge in [-0.25, -0.2) is 0 Å². The smallest absolute Gasteiger partial charge is 0.246 e. The molecule has 3 unspecified atom stereocenters. The summed E-state index contributed by atoms with van der Waals surface area (Å²) in [5.74, 6) is 0.440. The van der Waals surface area contributed by atoms with Gasteiger partial charge in [0.05, 0.1) is 16.3 Å². The molecule has 1 aromatic carbocycles. The molecule has 10 heteroatoms. The molecule has 1 N–H and O–H groups in total. The maximum atomic E-state index is 13.5. The highest BCUT2D eigenvalue weighted by Gasteiger charge is 2.46. The lowest BCUT2D eigenvalue weighted by Crippen LogP contribution is -2.66. The van der Waals surface area contributed by atoms with Crippen molar-refractivity contribution in [2.75, 3.05) is 20.1 Å². The Kier molecular flexibility index (Phi) is 4.19. The van der Waals surface area contributed by atoms with Gasteiger partial charge >= 0.3 is 0 Å². The Morgan fingerprint density at radius 2 is 1.90 bits per heavy atom. The van der Waals surface area contributed by atoms with Crippen molar-refractivity contribution in [3.63, 3.8) is 0 Å². The van der Waals surface area contributed by atoms with Crippen LogP contribution in [0.4, 0.5) is 0 Å². The van der Waals surface area contributed by atoms with Crippen LogP contribution >= 0.6 is 11.6 Å². The molecule has 2 aromatic rings. The first kappa shape index (κ1) is 18.9. The molecule has 31 heavy (non-hydrogen) atoms. The third-order valence-electron chi connectivity index (χ3n) is 6.75. The number of amidine groups is 1. The molecular formula is C21H23ClN8O. The molecule has 5 heterocycles. The van der Waals surface area contributed by atoms with Crippen molar-refractivity contribution in [1.82, 2.24) is 24.9 Å². The number of carbonyl (C=O) groups is 1. The fraction of sp³-hybridized carbons (Fsp3) is 0.476. The number of hydrogen-bond acceptors (Lipinski definition) is 7. The van der Waals surface area contributed by atoms with Crippen molar-refractivity contribution >= 4 is 45.9 Å². The zero-order valence-corrected chi connectivity index (χ0v) is 18.2. The number of nitrogens with zero attached hydrogens (tertiary/aromatic N) is 7. The lowest BCUT2D eigenvalue weighted by molar-refractivity contribution is -0.127. The molecule has 2 bridgehead atoms. The summed E-state index contributed by atoms with van der Waals surface area (Å²) >= 11 is 6.70. The number of fused-ring (bicyclic) bond motifs is 4. The predicted octanol–water partition coefficient (Wildman–Crippen LogP) is 1.61. The quantitative estimate of drug-likeness (QED) is 0.732. The van der Waals surface area contributed by atoms with Crippen LogP contribution in [-0.2, 0) is 11.8 Å². The SMILES string of the molecule is CN1C(=O)C2C(=NN=C2c2ccc3nn(C)cc3c2Cl)N=C1N1C2CCCC1CNC2. The number of rotatable bonds is 1. The summed E-state index contributed by atoms with van der Waals surface area (Å²) in [6, 6.07) is 4.46. The third kappa shape index (κ3) is 2.76. The van der Waals surface area contributed by atoms with E-state index in [2.05, 4.69) is 25.5 Å². The molecule has 0 saturated carbocycles. The Balaban J connectivity index is 1.37. The van der Waals surface area contributed by atoms with Gasteiger partial charge in [0.25, 0.3) is 0 Å². The predicted molar refractivity (Wildman–Crippen MR) is 120 cm³/mol. The lowest BCUT2D eigenvalue weighted by Gasteiger charge is -2.50. The number of piperazine rings is 1. The highest BCUT2D eigenvalue weighted by Crippen LogP contribution is 2.34. The van der Waals surface area contributed by atoms with Gasteiger partial charge in [-0.1, -0.05) is 11.6 Å². The van der Waals surface area contributed by atoms with Crippen LogP contribution in [0.15, 0.2) is 33.5 Å². The summed E-state index contributed by atoms with van der Waals surface area (Å²) in [5.41, 5.74) is 2.05. The number of amides is 1. The third-order valence-corrected chi connectivity index (χ3v) is 7.16. The Bertz CT molecular complexity index is 1180. The van der Waals surface area contributed by atoms with Crippen LogP contribution in [0.5, 0.6) is 0 Å². The number of aryl methyl sites for hydroxylation is 1. The van der Waals surface area contributed by atoms with Gasteiger partial charge in [0, 0.05) is 56.4 Å². The van der Waals surface area contributed by atoms with E-state index >= 15 is 0 Å². The number of guanidine groups is 1. The van der Waals surface area contributed by atoms with Gasteiger partial charge in [-0.15, -0.1) is 5.10 Å². The van der Waals surface area contributed by atoms with E-state index in [-0.39, 0.29) is 5.91 Å². The number of halogens is 1. The largest absolute Gasteiger partial charge is 0.334 e. The molecule has 0 aliphatic carbocycles. The maximum absolute atomic E-state index is 13.5. The second-order valence-corrected chi connectivity index (χ2v) is 9.03. The fourth-order valence-electron chi connectivity index (χ4n) is 5.25. The van der Waals surface area contributed by atoms with Crippen LogP contribution in [0.3, 0.4) is 0 Å². The normalized spacial score (nSPS) is 27.9. The summed E-state index contributed by atoms with van der Waals surface area (Å²) in [6.07, 6.45) is 5.28. The lowest BCUT2D eigenvalue weighted by atomic mass is 9.91. The molecule has 3 atom stereocenters. The molecule has 4 aliphatic heterocycles. The highest BCUT2D eigenvalue weighted by atomic mass is 35.5. The number of nitrogens with one attached hydrogen (secondary N) is 1. The molecule has 0 radical (unpaired) electrons. The summed E-state index contributed by atoms with van der Waals surface area (Å²) in [4.78, 5) is 22.4. The molecule has 2 fully saturated rings. The van der Waals surface area contributed by atoms with Crippen LogP contribution in [-0.4, -0.2) is 75.2 Å². The van der Waals surface area contributed by atoms with Gasteiger partial charge in [0.15, 0.2) is 5.84 Å². The van der Waals surface area contributed by atoms with E-state index in [1.54, 1.807) is 16.6 Å². The molecule has 1 amide bonds. The van der Waals surface area contributed by atoms with Crippen LogP contribution in [0, 0.1) is 5.92 Å². The van der Waals surface area contributed by atoms with Gasteiger partial charge < -0.3 is 10.2 Å². The van der Waals surface area contributed by atoms with Gasteiger partial charge in [0.2, 0.25) is 11.9 Å². The first-order chi connectivity index (χ1) is 15.0. The molecular weight excluding hydrogens is 416 g/mol. The van der Waals surface area contributed by atoms with E-state index in [4.69, 9.17) is 16.6 Å². The van der Waals surface area contributed by atoms with E-state index in [1.807, 2.05) is 25.4 Å². The topological polar surface area (TPSA) is 90.5 Å². The molecule has 4 aliphatic rings. The first-order valence-electron chi connectivity index (χ1n) is 10.7. The van der Waals surface area contributed by atoms with Crippen molar-refractivity contribution in [2.24, 2.45) is 28.2 Å². The van der Waals surface area contributed by atoms with E-state index in [9.17, 15) is 4.79 Å². The Morgan fingerprint density at radius 3 is 2.68 bits per heavy atom. The molecule has 1 aromatic heterocycles. The zero-order valence-electron chi connectivity index (χ0n) is 17.4. The second-order valence-electron chi connectivity index (χ2n) is 8.65. The summed E-state index contributed by atoms with van der Waals surface area (Å²) < 4.78 is 1.72. The zero-order chi connectivity index (χ0) is 21.3. The van der Waals surface area contributed by atoms with Crippen LogP contribution in [0.1, 0.15) is 24.8 Å². The average molecular weight is 439 g/mol. The van der Waals surface area contributed by atoms with Gasteiger partial charge in [-0.3, -0.25) is 14.4 Å². The van der Waals surface area contributed by atoms with E-state index in [0.29, 0.717) is 40.2 Å². The van der Waals surface area contributed by atoms with Crippen LogP contribution in [0.25, 0.3) is 10.9 Å². The minimum atomic E-state index is -0.636. The van der Waals surface area contributed by atoms with Crippen molar-refractivity contribution in [2.45, 2.75) is 31.3 Å². The van der Waals surface area contributed by atoms with Crippen LogP contribution < -0.4 is 5.32 Å². The summed E-state index contributed by atoms with van der Waals surface area (Å²) in [7, 11) is 3.66. The fourth-order valence-corrected chi connectivity index (χ4v) is 5.56. The molecule has 2 saturated heterocycles. The standard InChI is InChI=1S/C21H23ClN8O/c1-28-10-14-15(27-28)7-6-13(17(14)22)18-16-19(26-25-18)24-21(29(2)20(16)31)30-11-4-3-5-12(30)9-23-8-11/h6-7,10-12,16,23H,3-5,8-9H2,1-2H3. The molecule has 0 spiro atoms. The van der Waals surface area contributed by atoms with Gasteiger partial charge in [-0.2, -0.15) is 15.2 Å². The Labute approximate surface area is 184 Å². The summed E-state index contributed by atoms with van der Waals surface area (Å²) in [6.45, 7) is 1.83. The van der Waals surface area contributed by atoms with Gasteiger partial charge in [-0.05, 0) is 31.4 Å². The number of benzene rings is 1. The number of piperidine rings is 1. The van der Waals surface area contributed by atoms with Crippen molar-refractivity contribution < 1.29 is 4.79 Å². The molecule has 6 rings (SSSR count). The van der Waals surface area contributed by atoms with Crippen LogP contribution in [0.2, 0.25) is 5.02 Å². The number of aromatic nitrogens is 2. The maximum Gasteiger partial charge on any atom is 0.246 e. The first-order valence-corrected chi connectivity index (χ1v) is 11.0. The monoisotopic (exact) mass is 438 g/mol. The van der Waals surface area contributed by atoms with Crippen molar-refractivity contribution in [3.05, 3.63) is 28.9 Å². The Morgan fingerprint density at radius 1 is 1.13 bits per heavy atom. The van der Waals surface area contributed by atoms with Crippen molar-refractivity contribution in [3.8, 4) is 0 Å². The average Bonchev–Trinajstić information content (AvgIpc) is 3.34. The minimum Gasteiger partial charge on any atom is -0.334 e.